The molecule has 2 unspecified atom stereocenters. The van der Waals surface area contributed by atoms with Crippen LogP contribution in [-0.2, 0) is 41.2 Å². The lowest BCUT2D eigenvalue weighted by atomic mass is 9.47. The van der Waals surface area contributed by atoms with Crippen molar-refractivity contribution in [2.45, 2.75) is 94.5 Å². The van der Waals surface area contributed by atoms with Crippen LogP contribution < -0.4 is 9.64 Å². The van der Waals surface area contributed by atoms with Gasteiger partial charge in [0.05, 0.1) is 20.3 Å². The number of likely N-dealkylation sites (N-methyl/N-ethyl adjacent to an activating group) is 1. The lowest BCUT2D eigenvalue weighted by Crippen LogP contribution is -2.81. The van der Waals surface area contributed by atoms with Gasteiger partial charge in [-0.3, -0.25) is 24.2 Å². The Kier molecular flexibility index (Phi) is 8.48. The first kappa shape index (κ1) is 37.1. The molecule has 2 bridgehead atoms. The maximum absolute atomic E-state index is 15.1. The number of hydrogen-bond donors (Lipinski definition) is 2. The minimum Gasteiger partial charge on any atom is -0.496 e. The number of benzene rings is 2. The molecule has 9 rings (SSSR count). The van der Waals surface area contributed by atoms with Crippen LogP contribution in [0.2, 0.25) is 0 Å². The second-order valence-corrected chi connectivity index (χ2v) is 17.2. The Morgan fingerprint density at radius 3 is 2.52 bits per heavy atom. The molecular formula is C45H54N4O7. The number of rotatable bonds is 7. The summed E-state index contributed by atoms with van der Waals surface area (Å²) in [6, 6.07) is 11.4. The summed E-state index contributed by atoms with van der Waals surface area (Å²) in [5.74, 6) is -0.788. The standard InChI is InChI=1S/C45H54N4O7/c1-8-28-19-29-22-44(41(52)55-7,37-31(25-48(23-28)24-29)30-13-10-11-14-34(30)46-37)33-20-32-35(21-36(33)54-6)47(5)39-43(32)16-18-49-17-12-15-42(9-2,38(43)49)40(56-27(4)51)45(39,53)26(3)50/h10-15,19-21,29,38-40,46,53H,8-9,16-18,22-25H2,1-7H3/t29-,38-,39+,40+,42+,43?,44-,45-/m0/s1. The van der Waals surface area contributed by atoms with Crippen molar-refractivity contribution in [3.8, 4) is 5.75 Å². The third-order valence-electron chi connectivity index (χ3n) is 14.8. The van der Waals surface area contributed by atoms with Crippen LogP contribution in [0.1, 0.15) is 75.8 Å². The predicted octanol–water partition coefficient (Wildman–Crippen LogP) is 5.17. The highest BCUT2D eigenvalue weighted by molar-refractivity contribution is 5.95. The van der Waals surface area contributed by atoms with Gasteiger partial charge in [-0.2, -0.15) is 0 Å². The van der Waals surface area contributed by atoms with Crippen LogP contribution in [0, 0.1) is 11.3 Å². The van der Waals surface area contributed by atoms with Crippen LogP contribution in [0.15, 0.2) is 60.2 Å². The Labute approximate surface area is 328 Å². The second kappa shape index (κ2) is 12.8. The molecule has 0 amide bonds. The first-order valence-corrected chi connectivity index (χ1v) is 20.2. The average Bonchev–Trinajstić information content (AvgIpc) is 3.84. The van der Waals surface area contributed by atoms with Gasteiger partial charge in [0.1, 0.15) is 11.2 Å². The van der Waals surface area contributed by atoms with E-state index in [9.17, 15) is 14.7 Å². The molecule has 6 heterocycles. The fraction of sp³-hybridized carbons (Fsp3) is 0.533. The molecule has 56 heavy (non-hydrogen) atoms. The Morgan fingerprint density at radius 2 is 1.82 bits per heavy atom. The van der Waals surface area contributed by atoms with E-state index >= 15 is 4.79 Å². The molecule has 1 saturated heterocycles. The number of ketones is 1. The highest BCUT2D eigenvalue weighted by atomic mass is 16.6. The number of carbonyl (C=O) groups excluding carboxylic acids is 3. The summed E-state index contributed by atoms with van der Waals surface area (Å²) in [4.78, 5) is 53.0. The zero-order valence-electron chi connectivity index (χ0n) is 33.6. The summed E-state index contributed by atoms with van der Waals surface area (Å²) in [6.07, 6.45) is 8.01. The topological polar surface area (TPSA) is 125 Å². The molecule has 296 valence electrons. The highest BCUT2D eigenvalue weighted by Crippen LogP contribution is 2.68. The number of methoxy groups -OCH3 is 2. The number of hydrogen-bond acceptors (Lipinski definition) is 10. The summed E-state index contributed by atoms with van der Waals surface area (Å²) in [6.45, 7) is 10.8. The van der Waals surface area contributed by atoms with Crippen LogP contribution in [-0.4, -0.2) is 109 Å². The van der Waals surface area contributed by atoms with Gasteiger partial charge in [-0.1, -0.05) is 55.8 Å². The number of para-hydroxylation sites is 1. The average molecular weight is 763 g/mol. The lowest BCUT2D eigenvalue weighted by Gasteiger charge is -2.64. The number of ether oxygens (including phenoxy) is 3. The van der Waals surface area contributed by atoms with Gasteiger partial charge in [0.25, 0.3) is 0 Å². The number of aromatic amines is 1. The zero-order valence-corrected chi connectivity index (χ0v) is 33.6. The lowest BCUT2D eigenvalue weighted by molar-refractivity contribution is -0.215. The SMILES string of the molecule is CCC1=C[C@@H]2CN(C1)Cc1c([nH]c3ccccc13)[C@@](C(=O)OC)(c1cc3c(cc1OC)N(C)[C@@H]1C34CCN3CC=C[C@](CC)([C@H]34)[C@@H](OC(C)=O)[C@]1(O)C(C)=O)C2. The molecule has 2 aromatic carbocycles. The first-order valence-electron chi connectivity index (χ1n) is 20.2. The smallest absolute Gasteiger partial charge is 0.322 e. The predicted molar refractivity (Wildman–Crippen MR) is 213 cm³/mol. The van der Waals surface area contributed by atoms with Gasteiger partial charge in [-0.15, -0.1) is 0 Å². The number of aliphatic hydroxyl groups is 1. The van der Waals surface area contributed by atoms with Gasteiger partial charge in [0.2, 0.25) is 0 Å². The van der Waals surface area contributed by atoms with Gasteiger partial charge in [-0.25, -0.2) is 0 Å². The third-order valence-corrected chi connectivity index (χ3v) is 14.8. The molecule has 9 atom stereocenters. The zero-order chi connectivity index (χ0) is 39.5. The van der Waals surface area contributed by atoms with E-state index in [2.05, 4.69) is 65.1 Å². The summed E-state index contributed by atoms with van der Waals surface area (Å²) >= 11 is 0. The van der Waals surface area contributed by atoms with E-state index < -0.39 is 45.7 Å². The molecule has 5 aliphatic heterocycles. The molecule has 0 radical (unpaired) electrons. The molecule has 11 nitrogen and oxygen atoms in total. The first-order chi connectivity index (χ1) is 26.8. The molecule has 6 aliphatic rings. The van der Waals surface area contributed by atoms with E-state index in [-0.39, 0.29) is 17.9 Å². The molecule has 2 N–H and O–H groups in total. The van der Waals surface area contributed by atoms with Gasteiger partial charge >= 0.3 is 11.9 Å². The number of aromatic nitrogens is 1. The van der Waals surface area contributed by atoms with Gasteiger partial charge in [0.15, 0.2) is 17.5 Å². The van der Waals surface area contributed by atoms with Crippen molar-refractivity contribution >= 4 is 34.3 Å². The van der Waals surface area contributed by atoms with E-state index in [0.29, 0.717) is 43.7 Å². The van der Waals surface area contributed by atoms with Crippen molar-refractivity contribution < 1.29 is 33.7 Å². The Balaban J connectivity index is 1.37. The number of Topliss-reactive ketones (excluding diaryl/α,β-unsaturated/α-hetero) is 1. The number of nitrogens with one attached hydrogen (secondary N) is 1. The minimum absolute atomic E-state index is 0.0454. The Morgan fingerprint density at radius 1 is 1.04 bits per heavy atom. The van der Waals surface area contributed by atoms with Crippen molar-refractivity contribution in [3.63, 3.8) is 0 Å². The Bertz CT molecular complexity index is 2230. The highest BCUT2D eigenvalue weighted by Gasteiger charge is 2.79. The fourth-order valence-corrected chi connectivity index (χ4v) is 12.8. The Hall–Kier alpha value is -4.45. The van der Waals surface area contributed by atoms with E-state index in [1.165, 1.54) is 26.5 Å². The summed E-state index contributed by atoms with van der Waals surface area (Å²) in [5.41, 5.74) is 1.63. The maximum atomic E-state index is 15.1. The van der Waals surface area contributed by atoms with Crippen molar-refractivity contribution in [1.29, 1.82) is 0 Å². The molecule has 11 heteroatoms. The molecule has 1 saturated carbocycles. The van der Waals surface area contributed by atoms with Crippen molar-refractivity contribution in [2.75, 3.05) is 52.3 Å². The molecule has 1 aliphatic carbocycles. The van der Waals surface area contributed by atoms with E-state index in [4.69, 9.17) is 14.2 Å². The van der Waals surface area contributed by atoms with Crippen LogP contribution in [0.25, 0.3) is 10.9 Å². The van der Waals surface area contributed by atoms with Crippen LogP contribution in [0.5, 0.6) is 5.75 Å². The number of carbonyl (C=O) groups is 3. The number of H-pyrrole nitrogens is 1. The van der Waals surface area contributed by atoms with Crippen molar-refractivity contribution in [3.05, 3.63) is 82.6 Å². The third kappa shape index (κ3) is 4.59. The number of esters is 2. The fourth-order valence-electron chi connectivity index (χ4n) is 12.8. The number of nitrogens with zero attached hydrogens (tertiary/aromatic N) is 3. The van der Waals surface area contributed by atoms with Crippen LogP contribution in [0.3, 0.4) is 0 Å². The van der Waals surface area contributed by atoms with Gasteiger partial charge in [-0.05, 0) is 68.3 Å². The van der Waals surface area contributed by atoms with Crippen LogP contribution >= 0.6 is 0 Å². The van der Waals surface area contributed by atoms with Gasteiger partial charge in [0, 0.05) is 90.9 Å². The monoisotopic (exact) mass is 762 g/mol. The minimum atomic E-state index is -2.06. The summed E-state index contributed by atoms with van der Waals surface area (Å²) < 4.78 is 18.4. The number of fused-ring (bicyclic) bond motifs is 6. The van der Waals surface area contributed by atoms with E-state index in [1.807, 2.05) is 30.1 Å². The molecule has 2 fully saturated rings. The second-order valence-electron chi connectivity index (χ2n) is 17.2. The van der Waals surface area contributed by atoms with Crippen molar-refractivity contribution in [1.82, 2.24) is 14.8 Å². The van der Waals surface area contributed by atoms with E-state index in [1.54, 1.807) is 7.11 Å². The summed E-state index contributed by atoms with van der Waals surface area (Å²) in [5, 5.41) is 14.3. The van der Waals surface area contributed by atoms with E-state index in [0.717, 1.165) is 59.5 Å². The molecule has 1 aromatic heterocycles. The number of anilines is 1. The molecule has 3 aromatic rings. The maximum Gasteiger partial charge on any atom is 0.322 e. The molecular weight excluding hydrogens is 709 g/mol. The quantitative estimate of drug-likeness (QED) is 0.246. The van der Waals surface area contributed by atoms with Crippen LogP contribution in [0.4, 0.5) is 5.69 Å². The largest absolute Gasteiger partial charge is 0.496 e. The normalized spacial score (nSPS) is 35.4. The van der Waals surface area contributed by atoms with Gasteiger partial charge < -0.3 is 29.2 Å². The summed E-state index contributed by atoms with van der Waals surface area (Å²) in [7, 11) is 5.03. The van der Waals surface area contributed by atoms with Crippen molar-refractivity contribution in [2.24, 2.45) is 11.3 Å². The molecule has 1 spiro atoms.